The monoisotopic (exact) mass is 464 g/mol. The van der Waals surface area contributed by atoms with E-state index in [0.717, 1.165) is 8.95 Å². The van der Waals surface area contributed by atoms with Crippen LogP contribution in [0.15, 0.2) is 45.3 Å². The quantitative estimate of drug-likeness (QED) is 0.615. The van der Waals surface area contributed by atoms with Crippen molar-refractivity contribution in [2.24, 2.45) is 0 Å². The number of anilines is 1. The predicted molar refractivity (Wildman–Crippen MR) is 94.8 cm³/mol. The van der Waals surface area contributed by atoms with E-state index in [1.165, 1.54) is 12.1 Å². The molecule has 0 saturated carbocycles. The van der Waals surface area contributed by atoms with Crippen LogP contribution in [0.3, 0.4) is 0 Å². The van der Waals surface area contributed by atoms with Gasteiger partial charge in [0.15, 0.2) is 0 Å². The van der Waals surface area contributed by atoms with Crippen LogP contribution in [-0.2, 0) is 0 Å². The predicted octanol–water partition coefficient (Wildman–Crippen LogP) is 5.48. The van der Waals surface area contributed by atoms with E-state index in [4.69, 9.17) is 23.2 Å². The second-order valence-electron chi connectivity index (χ2n) is 4.13. The fourth-order valence-electron chi connectivity index (χ4n) is 1.62. The van der Waals surface area contributed by atoms with Crippen LogP contribution in [0.1, 0.15) is 10.4 Å². The summed E-state index contributed by atoms with van der Waals surface area (Å²) in [6.45, 7) is 0. The highest BCUT2D eigenvalue weighted by molar-refractivity contribution is 9.13. The average molecular weight is 467 g/mol. The minimum atomic E-state index is -0.685. The molecule has 2 aromatic carbocycles. The molecule has 8 heteroatoms. The van der Waals surface area contributed by atoms with Gasteiger partial charge in [-0.05, 0) is 62.2 Å². The van der Waals surface area contributed by atoms with Crippen molar-refractivity contribution in [2.45, 2.75) is 0 Å². The summed E-state index contributed by atoms with van der Waals surface area (Å²) in [6, 6.07) is 9.10. The van der Waals surface area contributed by atoms with E-state index < -0.39 is 11.9 Å². The molecular weight excluding hydrogens is 459 g/mol. The molecule has 0 fully saturated rings. The van der Waals surface area contributed by atoms with Crippen LogP contribution in [0.2, 0.25) is 10.0 Å². The Bertz CT molecular complexity index is 733. The molecule has 22 heavy (non-hydrogen) atoms. The Balaban J connectivity index is 2.08. The van der Waals surface area contributed by atoms with Crippen LogP contribution in [-0.4, -0.2) is 11.9 Å². The SMILES string of the molecule is O=C(NC(=O)c1c(Cl)cccc1Cl)Nc1ccc(Br)c(Br)c1. The molecule has 0 bridgehead atoms. The summed E-state index contributed by atoms with van der Waals surface area (Å²) in [4.78, 5) is 23.9. The Morgan fingerprint density at radius 2 is 1.59 bits per heavy atom. The van der Waals surface area contributed by atoms with Gasteiger partial charge < -0.3 is 5.32 Å². The second kappa shape index (κ2) is 7.46. The van der Waals surface area contributed by atoms with E-state index in [-0.39, 0.29) is 15.6 Å². The molecule has 0 aromatic heterocycles. The van der Waals surface area contributed by atoms with Gasteiger partial charge in [-0.3, -0.25) is 10.1 Å². The zero-order chi connectivity index (χ0) is 16.3. The van der Waals surface area contributed by atoms with Crippen LogP contribution in [0.4, 0.5) is 10.5 Å². The lowest BCUT2D eigenvalue weighted by Crippen LogP contribution is -2.34. The standard InChI is InChI=1S/C14H8Br2Cl2N2O2/c15-8-5-4-7(6-9(8)16)19-14(22)20-13(21)12-10(17)2-1-3-11(12)18/h1-6H,(H2,19,20,21,22). The minimum Gasteiger partial charge on any atom is -0.308 e. The maximum absolute atomic E-state index is 12.1. The molecular formula is C14H8Br2Cl2N2O2. The summed E-state index contributed by atoms with van der Waals surface area (Å²) in [6.07, 6.45) is 0. The van der Waals surface area contributed by atoms with Crippen molar-refractivity contribution in [1.82, 2.24) is 5.32 Å². The molecule has 3 amide bonds. The van der Waals surface area contributed by atoms with Gasteiger partial charge in [0.2, 0.25) is 0 Å². The molecule has 0 aliphatic carbocycles. The molecule has 0 radical (unpaired) electrons. The van der Waals surface area contributed by atoms with E-state index in [1.54, 1.807) is 24.3 Å². The largest absolute Gasteiger partial charge is 0.326 e. The fraction of sp³-hybridized carbons (Fsp3) is 0. The van der Waals surface area contributed by atoms with Gasteiger partial charge in [-0.1, -0.05) is 29.3 Å². The number of rotatable bonds is 2. The lowest BCUT2D eigenvalue weighted by molar-refractivity contribution is 0.0967. The first-order valence-corrected chi connectivity index (χ1v) is 8.24. The normalized spacial score (nSPS) is 10.2. The molecule has 2 N–H and O–H groups in total. The highest BCUT2D eigenvalue weighted by Gasteiger charge is 2.17. The molecule has 0 atom stereocenters. The van der Waals surface area contributed by atoms with Gasteiger partial charge in [-0.15, -0.1) is 0 Å². The van der Waals surface area contributed by atoms with Crippen molar-refractivity contribution in [3.8, 4) is 0 Å². The van der Waals surface area contributed by atoms with Gasteiger partial charge >= 0.3 is 6.03 Å². The molecule has 114 valence electrons. The van der Waals surface area contributed by atoms with Gasteiger partial charge in [0.25, 0.3) is 5.91 Å². The van der Waals surface area contributed by atoms with Crippen molar-refractivity contribution >= 4 is 72.7 Å². The number of hydrogen-bond donors (Lipinski definition) is 2. The number of carbonyl (C=O) groups excluding carboxylic acids is 2. The van der Waals surface area contributed by atoms with Crippen molar-refractivity contribution in [3.63, 3.8) is 0 Å². The summed E-state index contributed by atoms with van der Waals surface area (Å²) in [7, 11) is 0. The maximum Gasteiger partial charge on any atom is 0.326 e. The lowest BCUT2D eigenvalue weighted by atomic mass is 10.2. The van der Waals surface area contributed by atoms with Gasteiger partial charge in [0.1, 0.15) is 0 Å². The average Bonchev–Trinajstić information content (AvgIpc) is 2.42. The maximum atomic E-state index is 12.1. The number of carbonyl (C=O) groups is 2. The summed E-state index contributed by atoms with van der Waals surface area (Å²) in [5.41, 5.74) is 0.573. The van der Waals surface area contributed by atoms with Gasteiger partial charge in [-0.2, -0.15) is 0 Å². The zero-order valence-electron chi connectivity index (χ0n) is 10.8. The highest BCUT2D eigenvalue weighted by Crippen LogP contribution is 2.26. The van der Waals surface area contributed by atoms with Crippen LogP contribution in [0.5, 0.6) is 0 Å². The number of halogens is 4. The third-order valence-corrected chi connectivity index (χ3v) is 5.10. The van der Waals surface area contributed by atoms with Gasteiger partial charge in [0.05, 0.1) is 15.6 Å². The second-order valence-corrected chi connectivity index (χ2v) is 6.66. The first-order chi connectivity index (χ1) is 10.4. The molecule has 0 spiro atoms. The van der Waals surface area contributed by atoms with E-state index in [1.807, 2.05) is 0 Å². The Labute approximate surface area is 153 Å². The summed E-state index contributed by atoms with van der Waals surface area (Å²) in [5, 5.41) is 5.06. The van der Waals surface area contributed by atoms with E-state index in [9.17, 15) is 9.59 Å². The number of amides is 3. The summed E-state index contributed by atoms with van der Waals surface area (Å²) in [5.74, 6) is -0.677. The summed E-state index contributed by atoms with van der Waals surface area (Å²) >= 11 is 18.5. The minimum absolute atomic E-state index is 0.0537. The van der Waals surface area contributed by atoms with E-state index in [2.05, 4.69) is 42.5 Å². The Morgan fingerprint density at radius 1 is 0.955 bits per heavy atom. The van der Waals surface area contributed by atoms with Crippen LogP contribution in [0, 0.1) is 0 Å². The van der Waals surface area contributed by atoms with Crippen LogP contribution in [0.25, 0.3) is 0 Å². The number of imide groups is 1. The van der Waals surface area contributed by atoms with Crippen LogP contribution < -0.4 is 10.6 Å². The zero-order valence-corrected chi connectivity index (χ0v) is 15.5. The molecule has 2 rings (SSSR count). The van der Waals surface area contributed by atoms with Crippen molar-refractivity contribution < 1.29 is 9.59 Å². The molecule has 0 saturated heterocycles. The Morgan fingerprint density at radius 3 is 2.18 bits per heavy atom. The third-order valence-electron chi connectivity index (χ3n) is 2.59. The van der Waals surface area contributed by atoms with E-state index >= 15 is 0 Å². The van der Waals surface area contributed by atoms with Crippen molar-refractivity contribution in [2.75, 3.05) is 5.32 Å². The van der Waals surface area contributed by atoms with Gasteiger partial charge in [-0.25, -0.2) is 4.79 Å². The fourth-order valence-corrected chi connectivity index (χ4v) is 2.81. The van der Waals surface area contributed by atoms with Crippen molar-refractivity contribution in [1.29, 1.82) is 0 Å². The van der Waals surface area contributed by atoms with Gasteiger partial charge in [0, 0.05) is 14.6 Å². The molecule has 0 unspecified atom stereocenters. The molecule has 0 aliphatic rings. The number of urea groups is 1. The first-order valence-electron chi connectivity index (χ1n) is 5.90. The Hall–Kier alpha value is -1.08. The molecule has 0 heterocycles. The molecule has 4 nitrogen and oxygen atoms in total. The smallest absolute Gasteiger partial charge is 0.308 e. The van der Waals surface area contributed by atoms with Crippen LogP contribution >= 0.6 is 55.1 Å². The Kier molecular flexibility index (Phi) is 5.86. The molecule has 2 aromatic rings. The summed E-state index contributed by atoms with van der Waals surface area (Å²) < 4.78 is 1.61. The van der Waals surface area contributed by atoms with E-state index in [0.29, 0.717) is 5.69 Å². The topological polar surface area (TPSA) is 58.2 Å². The number of nitrogens with one attached hydrogen (secondary N) is 2. The third kappa shape index (κ3) is 4.23. The number of hydrogen-bond acceptors (Lipinski definition) is 2. The number of benzene rings is 2. The van der Waals surface area contributed by atoms with Crippen molar-refractivity contribution in [3.05, 3.63) is 61.0 Å². The lowest BCUT2D eigenvalue weighted by Gasteiger charge is -2.09. The first kappa shape index (κ1) is 17.3. The molecule has 0 aliphatic heterocycles. The highest BCUT2D eigenvalue weighted by atomic mass is 79.9.